The molecular formula is C26H25NO5. The molecule has 0 saturated carbocycles. The van der Waals surface area contributed by atoms with Gasteiger partial charge in [0.1, 0.15) is 19.0 Å². The first-order valence-corrected chi connectivity index (χ1v) is 9.83. The fourth-order valence-electron chi connectivity index (χ4n) is 2.98. The highest BCUT2D eigenvalue weighted by Crippen LogP contribution is 2.34. The summed E-state index contributed by atoms with van der Waals surface area (Å²) in [6, 6.07) is 16.8. The SMILES string of the molecule is C#CCOc1ccc(COc2cc(C(=C)c3cc(OC)nc(OC)c3)ccc2OC)cc1. The zero-order chi connectivity index (χ0) is 22.9. The summed E-state index contributed by atoms with van der Waals surface area (Å²) < 4.78 is 27.4. The molecule has 0 N–H and O–H groups in total. The van der Waals surface area contributed by atoms with Crippen LogP contribution in [0.4, 0.5) is 0 Å². The van der Waals surface area contributed by atoms with Crippen molar-refractivity contribution < 1.29 is 23.7 Å². The van der Waals surface area contributed by atoms with Gasteiger partial charge in [-0.3, -0.25) is 0 Å². The highest BCUT2D eigenvalue weighted by atomic mass is 16.5. The van der Waals surface area contributed by atoms with E-state index >= 15 is 0 Å². The van der Waals surface area contributed by atoms with Crippen LogP contribution in [0.1, 0.15) is 16.7 Å². The minimum absolute atomic E-state index is 0.235. The number of terminal acetylenes is 1. The van der Waals surface area contributed by atoms with E-state index in [1.807, 2.05) is 42.5 Å². The summed E-state index contributed by atoms with van der Waals surface area (Å²) in [5.74, 6) is 5.28. The van der Waals surface area contributed by atoms with E-state index in [0.29, 0.717) is 35.6 Å². The molecule has 0 atom stereocenters. The van der Waals surface area contributed by atoms with Gasteiger partial charge in [0.25, 0.3) is 0 Å². The lowest BCUT2D eigenvalue weighted by Gasteiger charge is -2.15. The monoisotopic (exact) mass is 431 g/mol. The number of aromatic nitrogens is 1. The third-order valence-electron chi connectivity index (χ3n) is 4.70. The number of hydrogen-bond acceptors (Lipinski definition) is 6. The van der Waals surface area contributed by atoms with Gasteiger partial charge >= 0.3 is 0 Å². The number of nitrogens with zero attached hydrogens (tertiary/aromatic N) is 1. The zero-order valence-corrected chi connectivity index (χ0v) is 18.4. The lowest BCUT2D eigenvalue weighted by atomic mass is 10.00. The molecule has 6 heteroatoms. The smallest absolute Gasteiger partial charge is 0.216 e. The first-order valence-electron chi connectivity index (χ1n) is 9.83. The Morgan fingerprint density at radius 3 is 2.12 bits per heavy atom. The van der Waals surface area contributed by atoms with E-state index in [1.165, 1.54) is 0 Å². The van der Waals surface area contributed by atoms with E-state index in [1.54, 1.807) is 33.5 Å². The van der Waals surface area contributed by atoms with Gasteiger partial charge in [-0.15, -0.1) is 6.42 Å². The summed E-state index contributed by atoms with van der Waals surface area (Å²) in [4.78, 5) is 4.23. The van der Waals surface area contributed by atoms with Gasteiger partial charge in [-0.1, -0.05) is 30.7 Å². The van der Waals surface area contributed by atoms with E-state index in [-0.39, 0.29) is 6.61 Å². The maximum Gasteiger partial charge on any atom is 0.216 e. The average molecular weight is 431 g/mol. The second-order valence-electron chi connectivity index (χ2n) is 6.71. The molecule has 0 fully saturated rings. The second-order valence-corrected chi connectivity index (χ2v) is 6.71. The minimum Gasteiger partial charge on any atom is -0.493 e. The normalized spacial score (nSPS) is 10.1. The lowest BCUT2D eigenvalue weighted by molar-refractivity contribution is 0.284. The molecule has 32 heavy (non-hydrogen) atoms. The molecule has 0 aliphatic heterocycles. The first kappa shape index (κ1) is 22.6. The van der Waals surface area contributed by atoms with Gasteiger partial charge in [0, 0.05) is 12.1 Å². The van der Waals surface area contributed by atoms with Crippen molar-refractivity contribution in [3.63, 3.8) is 0 Å². The van der Waals surface area contributed by atoms with E-state index in [9.17, 15) is 0 Å². The first-order chi connectivity index (χ1) is 15.6. The Labute approximate surface area is 188 Å². The number of hydrogen-bond donors (Lipinski definition) is 0. The number of benzene rings is 2. The Kier molecular flexibility index (Phi) is 7.60. The van der Waals surface area contributed by atoms with Crippen molar-refractivity contribution in [3.8, 4) is 41.4 Å². The van der Waals surface area contributed by atoms with Crippen LogP contribution < -0.4 is 23.7 Å². The summed E-state index contributed by atoms with van der Waals surface area (Å²) in [5.41, 5.74) is 3.45. The van der Waals surface area contributed by atoms with Gasteiger partial charge in [0.05, 0.1) is 21.3 Å². The molecule has 0 aliphatic carbocycles. The molecule has 0 spiro atoms. The van der Waals surface area contributed by atoms with Crippen molar-refractivity contribution in [3.05, 3.63) is 77.9 Å². The Bertz CT molecular complexity index is 1090. The Morgan fingerprint density at radius 2 is 1.53 bits per heavy atom. The topological polar surface area (TPSA) is 59.0 Å². The fourth-order valence-corrected chi connectivity index (χ4v) is 2.98. The zero-order valence-electron chi connectivity index (χ0n) is 18.4. The maximum absolute atomic E-state index is 6.05. The van der Waals surface area contributed by atoms with Crippen LogP contribution in [0.2, 0.25) is 0 Å². The van der Waals surface area contributed by atoms with E-state index in [0.717, 1.165) is 22.3 Å². The van der Waals surface area contributed by atoms with Crippen molar-refractivity contribution in [2.75, 3.05) is 27.9 Å². The predicted molar refractivity (Wildman–Crippen MR) is 124 cm³/mol. The molecule has 0 amide bonds. The van der Waals surface area contributed by atoms with Crippen molar-refractivity contribution >= 4 is 5.57 Å². The molecule has 164 valence electrons. The van der Waals surface area contributed by atoms with Gasteiger partial charge in [-0.25, -0.2) is 0 Å². The molecule has 1 aromatic heterocycles. The van der Waals surface area contributed by atoms with Gasteiger partial charge < -0.3 is 23.7 Å². The van der Waals surface area contributed by atoms with Crippen LogP contribution in [0, 0.1) is 12.3 Å². The third-order valence-corrected chi connectivity index (χ3v) is 4.70. The number of pyridine rings is 1. The van der Waals surface area contributed by atoms with Crippen LogP contribution in [0.25, 0.3) is 5.57 Å². The molecule has 0 aliphatic rings. The average Bonchev–Trinajstić information content (AvgIpc) is 2.85. The highest BCUT2D eigenvalue weighted by molar-refractivity contribution is 5.80. The summed E-state index contributed by atoms with van der Waals surface area (Å²) in [6.07, 6.45) is 5.22. The van der Waals surface area contributed by atoms with Crippen LogP contribution in [0.5, 0.6) is 29.0 Å². The molecule has 0 radical (unpaired) electrons. The van der Waals surface area contributed by atoms with Crippen LogP contribution in [-0.4, -0.2) is 32.9 Å². The van der Waals surface area contributed by atoms with E-state index < -0.39 is 0 Å². The quantitative estimate of drug-likeness (QED) is 0.432. The van der Waals surface area contributed by atoms with Crippen molar-refractivity contribution in [1.29, 1.82) is 0 Å². The van der Waals surface area contributed by atoms with Gasteiger partial charge in [0.15, 0.2) is 11.5 Å². The fraction of sp³-hybridized carbons (Fsp3) is 0.192. The van der Waals surface area contributed by atoms with Gasteiger partial charge in [-0.05, 0) is 46.5 Å². The van der Waals surface area contributed by atoms with Crippen molar-refractivity contribution in [1.82, 2.24) is 4.98 Å². The van der Waals surface area contributed by atoms with Gasteiger partial charge in [-0.2, -0.15) is 4.98 Å². The van der Waals surface area contributed by atoms with Gasteiger partial charge in [0.2, 0.25) is 11.8 Å². The standard InChI is InChI=1S/C26H25NO5/c1-6-13-31-22-10-7-19(8-11-22)17-32-24-14-20(9-12-23(24)28-3)18(2)21-15-25(29-4)27-26(16-21)30-5/h1,7-12,14-16H,2,13,17H2,3-5H3. The molecular weight excluding hydrogens is 406 g/mol. The molecule has 0 bridgehead atoms. The maximum atomic E-state index is 6.05. The van der Waals surface area contributed by atoms with Crippen LogP contribution in [-0.2, 0) is 6.61 Å². The Hall–Kier alpha value is -4.11. The number of ether oxygens (including phenoxy) is 5. The predicted octanol–water partition coefficient (Wildman–Crippen LogP) is 4.76. The number of rotatable bonds is 10. The third kappa shape index (κ3) is 5.52. The lowest BCUT2D eigenvalue weighted by Crippen LogP contribution is -2.00. The van der Waals surface area contributed by atoms with Crippen LogP contribution >= 0.6 is 0 Å². The van der Waals surface area contributed by atoms with Crippen LogP contribution in [0.3, 0.4) is 0 Å². The Morgan fingerprint density at radius 1 is 0.844 bits per heavy atom. The summed E-state index contributed by atoms with van der Waals surface area (Å²) in [6.45, 7) is 4.83. The van der Waals surface area contributed by atoms with Crippen molar-refractivity contribution in [2.45, 2.75) is 6.61 Å². The molecule has 3 aromatic rings. The number of methoxy groups -OCH3 is 3. The van der Waals surface area contributed by atoms with Crippen molar-refractivity contribution in [2.24, 2.45) is 0 Å². The summed E-state index contributed by atoms with van der Waals surface area (Å²) in [7, 11) is 4.72. The Balaban J connectivity index is 1.79. The largest absolute Gasteiger partial charge is 0.493 e. The molecule has 3 rings (SSSR count). The molecule has 0 saturated heterocycles. The minimum atomic E-state index is 0.235. The summed E-state index contributed by atoms with van der Waals surface area (Å²) in [5, 5.41) is 0. The molecule has 2 aromatic carbocycles. The van der Waals surface area contributed by atoms with E-state index in [4.69, 9.17) is 30.1 Å². The molecule has 1 heterocycles. The molecule has 6 nitrogen and oxygen atoms in total. The van der Waals surface area contributed by atoms with Crippen LogP contribution in [0.15, 0.2) is 61.2 Å². The second kappa shape index (κ2) is 10.8. The molecule has 0 unspecified atom stereocenters. The summed E-state index contributed by atoms with van der Waals surface area (Å²) >= 11 is 0. The highest BCUT2D eigenvalue weighted by Gasteiger charge is 2.12. The van der Waals surface area contributed by atoms with E-state index in [2.05, 4.69) is 17.5 Å².